The van der Waals surface area contributed by atoms with E-state index >= 15 is 0 Å². The zero-order valence-corrected chi connectivity index (χ0v) is 15.0. The van der Waals surface area contributed by atoms with Gasteiger partial charge in [-0.3, -0.25) is 4.79 Å². The van der Waals surface area contributed by atoms with Gasteiger partial charge in [0.25, 0.3) is 5.91 Å². The van der Waals surface area contributed by atoms with Gasteiger partial charge in [-0.2, -0.15) is 5.10 Å². The Morgan fingerprint density at radius 1 is 1.38 bits per heavy atom. The molecule has 1 aliphatic heterocycles. The molecule has 128 valence electrons. The quantitative estimate of drug-likeness (QED) is 0.925. The number of rotatable bonds is 3. The van der Waals surface area contributed by atoms with E-state index in [1.807, 2.05) is 31.9 Å². The number of hydrogen-bond acceptors (Lipinski definition) is 4. The highest BCUT2D eigenvalue weighted by Gasteiger charge is 2.26. The van der Waals surface area contributed by atoms with Gasteiger partial charge in [-0.25, -0.2) is 9.67 Å². The summed E-state index contributed by atoms with van der Waals surface area (Å²) in [6.45, 7) is 5.30. The maximum Gasteiger partial charge on any atom is 0.274 e. The Balaban J connectivity index is 1.91. The van der Waals surface area contributed by atoms with Gasteiger partial charge in [-0.05, 0) is 51.9 Å². The molecule has 0 saturated carbocycles. The number of hydrogen-bond donors (Lipinski definition) is 1. The number of pyridine rings is 1. The van der Waals surface area contributed by atoms with Gasteiger partial charge < -0.3 is 10.2 Å². The third kappa shape index (κ3) is 3.30. The van der Waals surface area contributed by atoms with E-state index in [4.69, 9.17) is 11.6 Å². The van der Waals surface area contributed by atoms with Gasteiger partial charge in [-0.15, -0.1) is 0 Å². The van der Waals surface area contributed by atoms with Crippen LogP contribution in [0.4, 0.5) is 0 Å². The highest BCUT2D eigenvalue weighted by atomic mass is 35.5. The normalized spacial score (nSPS) is 18.0. The number of carbonyl (C=O) groups excluding carboxylic acids is 1. The predicted molar refractivity (Wildman–Crippen MR) is 93.8 cm³/mol. The topological polar surface area (TPSA) is 63.1 Å². The molecule has 0 aliphatic carbocycles. The molecule has 1 saturated heterocycles. The Morgan fingerprint density at radius 2 is 2.17 bits per heavy atom. The molecule has 3 rings (SSSR count). The summed E-state index contributed by atoms with van der Waals surface area (Å²) in [7, 11) is 1.92. The lowest BCUT2D eigenvalue weighted by atomic mass is 10.1. The first-order chi connectivity index (χ1) is 11.5. The first kappa shape index (κ1) is 16.9. The number of carbonyl (C=O) groups is 1. The van der Waals surface area contributed by atoms with Crippen molar-refractivity contribution < 1.29 is 4.79 Å². The van der Waals surface area contributed by atoms with Crippen molar-refractivity contribution in [3.63, 3.8) is 0 Å². The molecule has 6 nitrogen and oxygen atoms in total. The van der Waals surface area contributed by atoms with Crippen molar-refractivity contribution in [1.29, 1.82) is 0 Å². The first-order valence-electron chi connectivity index (χ1n) is 8.16. The van der Waals surface area contributed by atoms with E-state index in [1.165, 1.54) is 0 Å². The molecule has 7 heteroatoms. The second-order valence-corrected chi connectivity index (χ2v) is 6.62. The Kier molecular flexibility index (Phi) is 4.87. The maximum atomic E-state index is 12.9. The zero-order chi connectivity index (χ0) is 17.3. The number of likely N-dealkylation sites (N-methyl/N-ethyl adjacent to an activating group) is 1. The second kappa shape index (κ2) is 6.91. The lowest BCUT2D eigenvalue weighted by Gasteiger charge is -2.32. The number of amides is 1. The summed E-state index contributed by atoms with van der Waals surface area (Å²) in [5, 5.41) is 8.04. The SMILES string of the molecule is CN[C@H]1CCCN(C(=O)c2nc(-n3nc(C)cc3C)ccc2Cl)C1. The summed E-state index contributed by atoms with van der Waals surface area (Å²) in [6, 6.07) is 5.79. The summed E-state index contributed by atoms with van der Waals surface area (Å²) < 4.78 is 1.73. The second-order valence-electron chi connectivity index (χ2n) is 6.22. The van der Waals surface area contributed by atoms with Crippen molar-refractivity contribution in [2.24, 2.45) is 0 Å². The van der Waals surface area contributed by atoms with Gasteiger partial charge in [0.1, 0.15) is 5.69 Å². The van der Waals surface area contributed by atoms with Gasteiger partial charge >= 0.3 is 0 Å². The van der Waals surface area contributed by atoms with E-state index < -0.39 is 0 Å². The summed E-state index contributed by atoms with van der Waals surface area (Å²) in [6.07, 6.45) is 2.05. The van der Waals surface area contributed by atoms with Crippen molar-refractivity contribution in [3.05, 3.63) is 40.3 Å². The highest BCUT2D eigenvalue weighted by Crippen LogP contribution is 2.21. The number of piperidine rings is 1. The fraction of sp³-hybridized carbons (Fsp3) is 0.471. The molecule has 1 aliphatic rings. The van der Waals surface area contributed by atoms with Crippen LogP contribution in [0.15, 0.2) is 18.2 Å². The van der Waals surface area contributed by atoms with Crippen molar-refractivity contribution in [2.45, 2.75) is 32.7 Å². The molecule has 2 aromatic heterocycles. The number of nitrogens with one attached hydrogen (secondary N) is 1. The van der Waals surface area contributed by atoms with Crippen LogP contribution < -0.4 is 5.32 Å². The zero-order valence-electron chi connectivity index (χ0n) is 14.2. The molecule has 3 heterocycles. The van der Waals surface area contributed by atoms with Crippen LogP contribution in [0.1, 0.15) is 34.7 Å². The minimum absolute atomic E-state index is 0.122. The Morgan fingerprint density at radius 3 is 2.83 bits per heavy atom. The van der Waals surface area contributed by atoms with Crippen LogP contribution in [0.3, 0.4) is 0 Å². The fourth-order valence-electron chi connectivity index (χ4n) is 3.11. The Bertz CT molecular complexity index is 757. The molecular formula is C17H22ClN5O. The maximum absolute atomic E-state index is 12.9. The van der Waals surface area contributed by atoms with E-state index in [9.17, 15) is 4.79 Å². The number of halogens is 1. The average Bonchev–Trinajstić information content (AvgIpc) is 2.93. The van der Waals surface area contributed by atoms with Crippen molar-refractivity contribution in [1.82, 2.24) is 25.0 Å². The lowest BCUT2D eigenvalue weighted by Crippen LogP contribution is -2.47. The molecule has 0 spiro atoms. The van der Waals surface area contributed by atoms with Gasteiger partial charge in [0, 0.05) is 24.8 Å². The molecule has 0 aromatic carbocycles. The monoisotopic (exact) mass is 347 g/mol. The van der Waals surface area contributed by atoms with Crippen molar-refractivity contribution in [2.75, 3.05) is 20.1 Å². The molecule has 1 N–H and O–H groups in total. The van der Waals surface area contributed by atoms with Crippen LogP contribution in [-0.2, 0) is 0 Å². The summed E-state index contributed by atoms with van der Waals surface area (Å²) in [5.41, 5.74) is 2.16. The van der Waals surface area contributed by atoms with Crippen LogP contribution in [0.5, 0.6) is 0 Å². The number of likely N-dealkylation sites (tertiary alicyclic amines) is 1. The van der Waals surface area contributed by atoms with Crippen LogP contribution in [0, 0.1) is 13.8 Å². The smallest absolute Gasteiger partial charge is 0.274 e. The summed E-state index contributed by atoms with van der Waals surface area (Å²) in [4.78, 5) is 19.2. The molecule has 0 bridgehead atoms. The van der Waals surface area contributed by atoms with Gasteiger partial charge in [0.05, 0.1) is 10.7 Å². The van der Waals surface area contributed by atoms with E-state index in [1.54, 1.807) is 16.8 Å². The Labute approximate surface area is 146 Å². The molecule has 1 atom stereocenters. The van der Waals surface area contributed by atoms with E-state index in [-0.39, 0.29) is 5.91 Å². The van der Waals surface area contributed by atoms with Crippen LogP contribution >= 0.6 is 11.6 Å². The van der Waals surface area contributed by atoms with E-state index in [0.29, 0.717) is 29.1 Å². The van der Waals surface area contributed by atoms with Crippen LogP contribution in [-0.4, -0.2) is 51.8 Å². The third-order valence-corrected chi connectivity index (χ3v) is 4.68. The predicted octanol–water partition coefficient (Wildman–Crippen LogP) is 2.36. The fourth-order valence-corrected chi connectivity index (χ4v) is 3.29. The van der Waals surface area contributed by atoms with Crippen LogP contribution in [0.2, 0.25) is 5.02 Å². The average molecular weight is 348 g/mol. The molecule has 2 aromatic rings. The highest BCUT2D eigenvalue weighted by molar-refractivity contribution is 6.33. The first-order valence-corrected chi connectivity index (χ1v) is 8.54. The molecule has 0 radical (unpaired) electrons. The molecule has 1 amide bonds. The standard InChI is InChI=1S/C17H22ClN5O/c1-11-9-12(2)23(21-11)15-7-6-14(18)16(20-15)17(24)22-8-4-5-13(10-22)19-3/h6-7,9,13,19H,4-5,8,10H2,1-3H3/t13-/m0/s1. The summed E-state index contributed by atoms with van der Waals surface area (Å²) in [5.74, 6) is 0.485. The van der Waals surface area contributed by atoms with Gasteiger partial charge in [0.2, 0.25) is 0 Å². The molecule has 1 fully saturated rings. The summed E-state index contributed by atoms with van der Waals surface area (Å²) >= 11 is 6.26. The minimum Gasteiger partial charge on any atom is -0.336 e. The Hall–Kier alpha value is -1.92. The van der Waals surface area contributed by atoms with Gasteiger partial charge in [0.15, 0.2) is 5.82 Å². The lowest BCUT2D eigenvalue weighted by molar-refractivity contribution is 0.0692. The van der Waals surface area contributed by atoms with E-state index in [0.717, 1.165) is 30.8 Å². The van der Waals surface area contributed by atoms with Crippen molar-refractivity contribution >= 4 is 17.5 Å². The van der Waals surface area contributed by atoms with Crippen LogP contribution in [0.25, 0.3) is 5.82 Å². The number of aromatic nitrogens is 3. The number of aryl methyl sites for hydroxylation is 2. The number of nitrogens with zero attached hydrogens (tertiary/aromatic N) is 4. The largest absolute Gasteiger partial charge is 0.336 e. The minimum atomic E-state index is -0.122. The van der Waals surface area contributed by atoms with Gasteiger partial charge in [-0.1, -0.05) is 11.6 Å². The van der Waals surface area contributed by atoms with E-state index in [2.05, 4.69) is 15.4 Å². The van der Waals surface area contributed by atoms with Crippen molar-refractivity contribution in [3.8, 4) is 5.82 Å². The molecular weight excluding hydrogens is 326 g/mol. The third-order valence-electron chi connectivity index (χ3n) is 4.38. The molecule has 0 unspecified atom stereocenters. The molecule has 24 heavy (non-hydrogen) atoms.